The van der Waals surface area contributed by atoms with Gasteiger partial charge in [0.1, 0.15) is 12.4 Å². The molecule has 1 heterocycles. The quantitative estimate of drug-likeness (QED) is 0.413. The van der Waals surface area contributed by atoms with Gasteiger partial charge in [-0.25, -0.2) is 9.79 Å². The van der Waals surface area contributed by atoms with E-state index in [2.05, 4.69) is 24.0 Å². The number of hydrogen-bond acceptors (Lipinski definition) is 4. The summed E-state index contributed by atoms with van der Waals surface area (Å²) in [7, 11) is 0. The lowest BCUT2D eigenvalue weighted by Crippen LogP contribution is -2.05. The van der Waals surface area contributed by atoms with Gasteiger partial charge in [-0.1, -0.05) is 54.1 Å². The number of rotatable bonds is 5. The molecule has 0 saturated heterocycles. The molecule has 0 amide bonds. The highest BCUT2D eigenvalue weighted by molar-refractivity contribution is 6.31. The Bertz CT molecular complexity index is 1120. The summed E-state index contributed by atoms with van der Waals surface area (Å²) in [5, 5.41) is 0.556. The van der Waals surface area contributed by atoms with Gasteiger partial charge in [-0.2, -0.15) is 0 Å². The monoisotopic (exact) mass is 403 g/mol. The second kappa shape index (κ2) is 8.33. The first-order valence-electron chi connectivity index (χ1n) is 9.14. The minimum atomic E-state index is -0.486. The molecule has 4 rings (SSSR count). The van der Waals surface area contributed by atoms with Crippen LogP contribution >= 0.6 is 11.6 Å². The van der Waals surface area contributed by atoms with E-state index >= 15 is 0 Å². The fraction of sp³-hybridized carbons (Fsp3) is 0.0833. The first kappa shape index (κ1) is 19.0. The fourth-order valence-electron chi connectivity index (χ4n) is 2.91. The average molecular weight is 404 g/mol. The smallest absolute Gasteiger partial charge is 0.363 e. The SMILES string of the molecule is Cc1ccccc1COc1ccc(/C=C2\N=C(c3cccc(Cl)c3)OC2=O)cc1. The van der Waals surface area contributed by atoms with Crippen LogP contribution in [0.15, 0.2) is 83.5 Å². The van der Waals surface area contributed by atoms with Crippen LogP contribution in [0.3, 0.4) is 0 Å². The van der Waals surface area contributed by atoms with E-state index in [-0.39, 0.29) is 11.6 Å². The van der Waals surface area contributed by atoms with Gasteiger partial charge in [0.25, 0.3) is 0 Å². The summed E-state index contributed by atoms with van der Waals surface area (Å²) in [6, 6.07) is 22.6. The number of carbonyl (C=O) groups is 1. The summed E-state index contributed by atoms with van der Waals surface area (Å²) in [5.41, 5.74) is 4.08. The van der Waals surface area contributed by atoms with Crippen molar-refractivity contribution in [1.29, 1.82) is 0 Å². The van der Waals surface area contributed by atoms with E-state index in [1.165, 1.54) is 5.56 Å². The molecule has 0 unspecified atom stereocenters. The highest BCUT2D eigenvalue weighted by Gasteiger charge is 2.24. The van der Waals surface area contributed by atoms with Crippen molar-refractivity contribution < 1.29 is 14.3 Å². The zero-order valence-electron chi connectivity index (χ0n) is 15.8. The third-order valence-electron chi connectivity index (χ3n) is 4.53. The zero-order chi connectivity index (χ0) is 20.2. The van der Waals surface area contributed by atoms with E-state index in [0.29, 0.717) is 17.2 Å². The van der Waals surface area contributed by atoms with Gasteiger partial charge in [0.05, 0.1) is 0 Å². The number of aryl methyl sites for hydroxylation is 1. The van der Waals surface area contributed by atoms with Crippen molar-refractivity contribution >= 4 is 29.5 Å². The summed E-state index contributed by atoms with van der Waals surface area (Å²) in [5.74, 6) is 0.523. The van der Waals surface area contributed by atoms with Crippen LogP contribution in [0, 0.1) is 6.92 Å². The van der Waals surface area contributed by atoms with Gasteiger partial charge in [-0.15, -0.1) is 0 Å². The molecule has 0 radical (unpaired) electrons. The second-order valence-corrected chi connectivity index (χ2v) is 7.07. The Hall–Kier alpha value is -3.37. The maximum absolute atomic E-state index is 12.1. The molecule has 5 heteroatoms. The summed E-state index contributed by atoms with van der Waals surface area (Å²) in [4.78, 5) is 16.4. The van der Waals surface area contributed by atoms with E-state index in [0.717, 1.165) is 16.9 Å². The summed E-state index contributed by atoms with van der Waals surface area (Å²) < 4.78 is 11.1. The lowest BCUT2D eigenvalue weighted by atomic mass is 10.1. The van der Waals surface area contributed by atoms with Gasteiger partial charge in [0.15, 0.2) is 5.70 Å². The minimum Gasteiger partial charge on any atom is -0.489 e. The Morgan fingerprint density at radius 3 is 2.59 bits per heavy atom. The highest BCUT2D eigenvalue weighted by atomic mass is 35.5. The Morgan fingerprint density at radius 2 is 1.83 bits per heavy atom. The van der Waals surface area contributed by atoms with Crippen molar-refractivity contribution in [3.05, 3.63) is 106 Å². The number of hydrogen-bond donors (Lipinski definition) is 0. The average Bonchev–Trinajstić information content (AvgIpc) is 3.09. The molecule has 144 valence electrons. The number of aliphatic imine (C=N–C) groups is 1. The van der Waals surface area contributed by atoms with Crippen LogP contribution in [-0.4, -0.2) is 11.9 Å². The molecule has 0 fully saturated rings. The standard InChI is InChI=1S/C24H18ClNO3/c1-16-5-2-3-6-19(16)15-28-21-11-9-17(10-12-21)13-22-24(27)29-23(26-22)18-7-4-8-20(25)14-18/h2-14H,15H2,1H3/b22-13-. The van der Waals surface area contributed by atoms with Crippen LogP contribution in [-0.2, 0) is 16.1 Å². The van der Waals surface area contributed by atoms with Crippen molar-refractivity contribution in [3.8, 4) is 5.75 Å². The van der Waals surface area contributed by atoms with Crippen molar-refractivity contribution in [2.45, 2.75) is 13.5 Å². The number of cyclic esters (lactones) is 1. The Morgan fingerprint density at radius 1 is 1.03 bits per heavy atom. The number of benzene rings is 3. The zero-order valence-corrected chi connectivity index (χ0v) is 16.5. The lowest BCUT2D eigenvalue weighted by Gasteiger charge is -2.08. The molecule has 4 nitrogen and oxygen atoms in total. The number of nitrogens with zero attached hydrogens (tertiary/aromatic N) is 1. The Labute approximate surface area is 174 Å². The van der Waals surface area contributed by atoms with E-state index in [9.17, 15) is 4.79 Å². The first-order chi connectivity index (χ1) is 14.1. The number of esters is 1. The van der Waals surface area contributed by atoms with Gasteiger partial charge in [0.2, 0.25) is 5.90 Å². The molecule has 0 saturated carbocycles. The van der Waals surface area contributed by atoms with Crippen LogP contribution in [0.4, 0.5) is 0 Å². The molecule has 0 atom stereocenters. The van der Waals surface area contributed by atoms with Gasteiger partial charge in [-0.3, -0.25) is 0 Å². The van der Waals surface area contributed by atoms with E-state index in [1.54, 1.807) is 30.3 Å². The number of ether oxygens (including phenoxy) is 2. The van der Waals surface area contributed by atoms with E-state index < -0.39 is 5.97 Å². The summed E-state index contributed by atoms with van der Waals surface area (Å²) in [6.45, 7) is 2.57. The van der Waals surface area contributed by atoms with Gasteiger partial charge >= 0.3 is 5.97 Å². The van der Waals surface area contributed by atoms with Crippen molar-refractivity contribution in [2.75, 3.05) is 0 Å². The second-order valence-electron chi connectivity index (χ2n) is 6.63. The maximum Gasteiger partial charge on any atom is 0.363 e. The number of halogens is 1. The van der Waals surface area contributed by atoms with E-state index in [1.807, 2.05) is 36.4 Å². The van der Waals surface area contributed by atoms with Crippen LogP contribution in [0.5, 0.6) is 5.75 Å². The number of carbonyl (C=O) groups excluding carboxylic acids is 1. The largest absolute Gasteiger partial charge is 0.489 e. The molecule has 29 heavy (non-hydrogen) atoms. The molecule has 3 aromatic rings. The molecular weight excluding hydrogens is 386 g/mol. The lowest BCUT2D eigenvalue weighted by molar-refractivity contribution is -0.129. The molecule has 3 aromatic carbocycles. The molecule has 1 aliphatic rings. The van der Waals surface area contributed by atoms with Crippen molar-refractivity contribution in [2.24, 2.45) is 4.99 Å². The topological polar surface area (TPSA) is 47.9 Å². The molecule has 0 aromatic heterocycles. The Kier molecular flexibility index (Phi) is 5.45. The summed E-state index contributed by atoms with van der Waals surface area (Å²) in [6.07, 6.45) is 1.69. The van der Waals surface area contributed by atoms with Gasteiger partial charge < -0.3 is 9.47 Å². The minimum absolute atomic E-state index is 0.244. The third kappa shape index (κ3) is 4.55. The molecule has 1 aliphatic heterocycles. The molecule has 0 aliphatic carbocycles. The fourth-order valence-corrected chi connectivity index (χ4v) is 3.10. The molecular formula is C24H18ClNO3. The normalized spacial score (nSPS) is 14.6. The van der Waals surface area contributed by atoms with Crippen molar-refractivity contribution in [1.82, 2.24) is 0 Å². The van der Waals surface area contributed by atoms with Crippen LogP contribution in [0.25, 0.3) is 6.08 Å². The van der Waals surface area contributed by atoms with Gasteiger partial charge in [-0.05, 0) is 60.0 Å². The first-order valence-corrected chi connectivity index (χ1v) is 9.52. The van der Waals surface area contributed by atoms with Crippen LogP contribution in [0.2, 0.25) is 5.02 Å². The predicted octanol–water partition coefficient (Wildman–Crippen LogP) is 5.57. The highest BCUT2D eigenvalue weighted by Crippen LogP contribution is 2.22. The van der Waals surface area contributed by atoms with Gasteiger partial charge in [0, 0.05) is 10.6 Å². The third-order valence-corrected chi connectivity index (χ3v) is 4.77. The van der Waals surface area contributed by atoms with Crippen LogP contribution in [0.1, 0.15) is 22.3 Å². The molecule has 0 bridgehead atoms. The van der Waals surface area contributed by atoms with E-state index in [4.69, 9.17) is 21.1 Å². The van der Waals surface area contributed by atoms with Crippen molar-refractivity contribution in [3.63, 3.8) is 0 Å². The Balaban J connectivity index is 1.47. The van der Waals surface area contributed by atoms with Crippen LogP contribution < -0.4 is 4.74 Å². The predicted molar refractivity (Wildman–Crippen MR) is 114 cm³/mol. The molecule has 0 N–H and O–H groups in total. The maximum atomic E-state index is 12.1. The molecule has 0 spiro atoms. The summed E-state index contributed by atoms with van der Waals surface area (Å²) >= 11 is 5.99.